The maximum absolute atomic E-state index is 13.9. The molecule has 0 aliphatic carbocycles. The summed E-state index contributed by atoms with van der Waals surface area (Å²) in [7, 11) is 1.62. The summed E-state index contributed by atoms with van der Waals surface area (Å²) in [5.74, 6) is 0.654. The number of carbonyl (C=O) groups excluding carboxylic acids is 2. The first-order chi connectivity index (χ1) is 23.8. The highest BCUT2D eigenvalue weighted by Gasteiger charge is 2.45. The van der Waals surface area contributed by atoms with Gasteiger partial charge in [-0.1, -0.05) is 60.7 Å². The van der Waals surface area contributed by atoms with E-state index in [0.717, 1.165) is 45.3 Å². The number of allylic oxidation sites excluding steroid dienone is 5. The molecule has 10 nitrogen and oxygen atoms in total. The van der Waals surface area contributed by atoms with Gasteiger partial charge in [0.15, 0.2) is 5.82 Å². The smallest absolute Gasteiger partial charge is 0.237 e. The standard InChI is InChI=1S/C39H43N7O3/c1-5-7-31(22-27(2)3)36-33-23-32(12-13-34(33)43-44-36)42-38(48)39(26-49-4)16-21-45(25-39)24-35(47)46-19-14-29(15-20-46)28-8-10-30(11-9-28)37-40-17-6-18-41-37/h5-14,17-18,22-23H,1,15-16,19-21,24-26H2,2-4H3,(H,42,48)(H,43,44)/b31-7+/t39-/m1/s1. The number of hydrogen-bond donors (Lipinski definition) is 2. The van der Waals surface area contributed by atoms with E-state index in [-0.39, 0.29) is 25.0 Å². The molecular weight excluding hydrogens is 614 g/mol. The zero-order chi connectivity index (χ0) is 34.4. The average molecular weight is 658 g/mol. The van der Waals surface area contributed by atoms with Crippen LogP contribution in [0.5, 0.6) is 0 Å². The van der Waals surface area contributed by atoms with Crippen molar-refractivity contribution in [2.24, 2.45) is 5.41 Å². The Labute approximate surface area is 287 Å². The Morgan fingerprint density at radius 1 is 1.08 bits per heavy atom. The number of amides is 2. The summed E-state index contributed by atoms with van der Waals surface area (Å²) in [4.78, 5) is 39.9. The number of rotatable bonds is 11. The summed E-state index contributed by atoms with van der Waals surface area (Å²) in [5.41, 5.74) is 6.99. The molecule has 10 heteroatoms. The van der Waals surface area contributed by atoms with Gasteiger partial charge in [0.1, 0.15) is 0 Å². The van der Waals surface area contributed by atoms with E-state index in [1.807, 2.05) is 55.2 Å². The van der Waals surface area contributed by atoms with E-state index < -0.39 is 5.41 Å². The van der Waals surface area contributed by atoms with Gasteiger partial charge in [-0.3, -0.25) is 19.6 Å². The average Bonchev–Trinajstić information content (AvgIpc) is 3.73. The van der Waals surface area contributed by atoms with Crippen LogP contribution in [0.15, 0.2) is 97.4 Å². The van der Waals surface area contributed by atoms with Crippen molar-refractivity contribution >= 4 is 39.6 Å². The molecule has 2 aromatic heterocycles. The van der Waals surface area contributed by atoms with Gasteiger partial charge < -0.3 is 15.0 Å². The summed E-state index contributed by atoms with van der Waals surface area (Å²) in [6, 6.07) is 15.8. The fourth-order valence-electron chi connectivity index (χ4n) is 6.68. The fraction of sp³-hybridized carbons (Fsp3) is 0.308. The van der Waals surface area contributed by atoms with E-state index in [1.54, 1.807) is 31.6 Å². The van der Waals surface area contributed by atoms with Crippen LogP contribution < -0.4 is 5.32 Å². The lowest BCUT2D eigenvalue weighted by atomic mass is 9.86. The number of fused-ring (bicyclic) bond motifs is 1. The van der Waals surface area contributed by atoms with E-state index in [1.165, 1.54) is 5.57 Å². The Hall–Kier alpha value is -5.19. The third kappa shape index (κ3) is 7.61. The Balaban J connectivity index is 1.08. The summed E-state index contributed by atoms with van der Waals surface area (Å²) in [6.45, 7) is 10.7. The molecule has 6 rings (SSSR count). The van der Waals surface area contributed by atoms with Crippen molar-refractivity contribution in [1.29, 1.82) is 0 Å². The summed E-state index contributed by atoms with van der Waals surface area (Å²) in [5, 5.41) is 11.7. The van der Waals surface area contributed by atoms with Crippen molar-refractivity contribution in [1.82, 2.24) is 30.0 Å². The largest absolute Gasteiger partial charge is 0.384 e. The van der Waals surface area contributed by atoms with Crippen molar-refractivity contribution in [2.75, 3.05) is 51.8 Å². The van der Waals surface area contributed by atoms with Crippen molar-refractivity contribution in [3.63, 3.8) is 0 Å². The van der Waals surface area contributed by atoms with Crippen LogP contribution in [0.4, 0.5) is 5.69 Å². The van der Waals surface area contributed by atoms with Gasteiger partial charge in [0.25, 0.3) is 0 Å². The number of nitrogens with one attached hydrogen (secondary N) is 2. The number of H-pyrrole nitrogens is 1. The van der Waals surface area contributed by atoms with Crippen LogP contribution in [0.1, 0.15) is 37.9 Å². The molecule has 1 saturated heterocycles. The van der Waals surface area contributed by atoms with E-state index in [4.69, 9.17) is 4.74 Å². The molecule has 252 valence electrons. The molecule has 1 atom stereocenters. The zero-order valence-corrected chi connectivity index (χ0v) is 28.4. The minimum Gasteiger partial charge on any atom is -0.384 e. The summed E-state index contributed by atoms with van der Waals surface area (Å²) < 4.78 is 5.58. The molecule has 0 saturated carbocycles. The fourth-order valence-corrected chi connectivity index (χ4v) is 6.68. The second kappa shape index (κ2) is 14.9. The van der Waals surface area contributed by atoms with Crippen molar-refractivity contribution in [3.05, 3.63) is 109 Å². The first kappa shape index (κ1) is 33.7. The maximum atomic E-state index is 13.9. The molecule has 2 aliphatic rings. The van der Waals surface area contributed by atoms with Gasteiger partial charge in [0, 0.05) is 61.3 Å². The number of nitrogens with zero attached hydrogens (tertiary/aromatic N) is 5. The molecular formula is C39H43N7O3. The van der Waals surface area contributed by atoms with Gasteiger partial charge in [-0.15, -0.1) is 0 Å². The van der Waals surface area contributed by atoms with Gasteiger partial charge in [0.05, 0.1) is 29.8 Å². The lowest BCUT2D eigenvalue weighted by Gasteiger charge is -2.30. The number of carbonyl (C=O) groups is 2. The molecule has 4 aromatic rings. The second-order valence-corrected chi connectivity index (χ2v) is 13.0. The number of ether oxygens (including phenoxy) is 1. The normalized spacial score (nSPS) is 18.3. The van der Waals surface area contributed by atoms with E-state index >= 15 is 0 Å². The molecule has 2 aromatic carbocycles. The van der Waals surface area contributed by atoms with E-state index in [2.05, 4.69) is 61.2 Å². The SMILES string of the molecule is C=C/C=C(\C=C(C)C)c1n[nH]c2ccc(NC(=O)[C@]3(COC)CCN(CC(=O)N4CC=C(c5ccc(-c6ncccn6)cc5)CC4)C3)cc12. The van der Waals surface area contributed by atoms with E-state index in [0.29, 0.717) is 44.1 Å². The molecule has 49 heavy (non-hydrogen) atoms. The van der Waals surface area contributed by atoms with Crippen LogP contribution in [0, 0.1) is 5.41 Å². The Morgan fingerprint density at radius 2 is 1.86 bits per heavy atom. The predicted octanol–water partition coefficient (Wildman–Crippen LogP) is 6.15. The number of benzene rings is 2. The number of aromatic nitrogens is 4. The Kier molecular flexibility index (Phi) is 10.3. The molecule has 2 aliphatic heterocycles. The minimum atomic E-state index is -0.773. The third-order valence-electron chi connectivity index (χ3n) is 9.17. The first-order valence-electron chi connectivity index (χ1n) is 16.6. The lowest BCUT2D eigenvalue weighted by Crippen LogP contribution is -2.45. The summed E-state index contributed by atoms with van der Waals surface area (Å²) in [6.07, 6.45) is 12.7. The Morgan fingerprint density at radius 3 is 2.55 bits per heavy atom. The van der Waals surface area contributed by atoms with Gasteiger partial charge >= 0.3 is 0 Å². The highest BCUT2D eigenvalue weighted by atomic mass is 16.5. The predicted molar refractivity (Wildman–Crippen MR) is 194 cm³/mol. The number of methoxy groups -OCH3 is 1. The number of anilines is 1. The van der Waals surface area contributed by atoms with Crippen LogP contribution in [-0.4, -0.2) is 88.2 Å². The van der Waals surface area contributed by atoms with Crippen LogP contribution >= 0.6 is 0 Å². The molecule has 0 unspecified atom stereocenters. The number of hydrogen-bond acceptors (Lipinski definition) is 7. The van der Waals surface area contributed by atoms with Crippen molar-refractivity contribution in [2.45, 2.75) is 26.7 Å². The quantitative estimate of drug-likeness (QED) is 0.186. The van der Waals surface area contributed by atoms with Crippen LogP contribution in [-0.2, 0) is 14.3 Å². The van der Waals surface area contributed by atoms with E-state index in [9.17, 15) is 9.59 Å². The van der Waals surface area contributed by atoms with Crippen LogP contribution in [0.3, 0.4) is 0 Å². The second-order valence-electron chi connectivity index (χ2n) is 13.0. The molecule has 4 heterocycles. The van der Waals surface area contributed by atoms with Gasteiger partial charge in [-0.25, -0.2) is 9.97 Å². The highest BCUT2D eigenvalue weighted by Crippen LogP contribution is 2.34. The van der Waals surface area contributed by atoms with Crippen molar-refractivity contribution in [3.8, 4) is 11.4 Å². The maximum Gasteiger partial charge on any atom is 0.237 e. The van der Waals surface area contributed by atoms with Gasteiger partial charge in [-0.2, -0.15) is 5.10 Å². The molecule has 0 radical (unpaired) electrons. The monoisotopic (exact) mass is 657 g/mol. The number of likely N-dealkylation sites (tertiary alicyclic amines) is 1. The Bertz CT molecular complexity index is 1920. The topological polar surface area (TPSA) is 116 Å². The summed E-state index contributed by atoms with van der Waals surface area (Å²) >= 11 is 0. The zero-order valence-electron chi connectivity index (χ0n) is 28.4. The van der Waals surface area contributed by atoms with Crippen molar-refractivity contribution < 1.29 is 14.3 Å². The third-order valence-corrected chi connectivity index (χ3v) is 9.17. The van der Waals surface area contributed by atoms with Gasteiger partial charge in [0.2, 0.25) is 11.8 Å². The highest BCUT2D eigenvalue weighted by molar-refractivity contribution is 6.00. The van der Waals surface area contributed by atoms with Crippen LogP contribution in [0.25, 0.3) is 33.4 Å². The molecule has 0 spiro atoms. The van der Waals surface area contributed by atoms with Gasteiger partial charge in [-0.05, 0) is 68.6 Å². The first-order valence-corrected chi connectivity index (χ1v) is 16.6. The molecule has 2 amide bonds. The van der Waals surface area contributed by atoms with Crippen LogP contribution in [0.2, 0.25) is 0 Å². The number of aromatic amines is 1. The molecule has 2 N–H and O–H groups in total. The lowest BCUT2D eigenvalue weighted by molar-refractivity contribution is -0.133. The molecule has 0 bridgehead atoms. The molecule has 1 fully saturated rings. The minimum absolute atomic E-state index is 0.0678.